The molecular formula is C16H19N3O3S. The van der Waals surface area contributed by atoms with Crippen LogP contribution in [0.15, 0.2) is 35.7 Å². The molecule has 7 heteroatoms. The van der Waals surface area contributed by atoms with Crippen molar-refractivity contribution in [3.8, 4) is 5.69 Å². The SMILES string of the molecule is COC(=O)CNC(=O)CSc1nccn1-c1cccc(C)c1C. The third kappa shape index (κ3) is 4.35. The molecule has 122 valence electrons. The molecule has 6 nitrogen and oxygen atoms in total. The van der Waals surface area contributed by atoms with Crippen LogP contribution in [0.2, 0.25) is 0 Å². The molecule has 0 aliphatic rings. The van der Waals surface area contributed by atoms with Crippen LogP contribution in [0.25, 0.3) is 5.69 Å². The highest BCUT2D eigenvalue weighted by atomic mass is 32.2. The van der Waals surface area contributed by atoms with Crippen LogP contribution < -0.4 is 5.32 Å². The predicted molar refractivity (Wildman–Crippen MR) is 88.8 cm³/mol. The molecule has 0 aliphatic heterocycles. The van der Waals surface area contributed by atoms with E-state index in [4.69, 9.17) is 0 Å². The Morgan fingerprint density at radius 2 is 2.13 bits per heavy atom. The van der Waals surface area contributed by atoms with Gasteiger partial charge in [-0.1, -0.05) is 23.9 Å². The molecule has 1 aromatic carbocycles. The number of thioether (sulfide) groups is 1. The van der Waals surface area contributed by atoms with Crippen molar-refractivity contribution in [2.24, 2.45) is 0 Å². The molecule has 0 spiro atoms. The van der Waals surface area contributed by atoms with Crippen LogP contribution >= 0.6 is 11.8 Å². The maximum Gasteiger partial charge on any atom is 0.325 e. The summed E-state index contributed by atoms with van der Waals surface area (Å²) in [5, 5.41) is 3.23. The van der Waals surface area contributed by atoms with Crippen molar-refractivity contribution >= 4 is 23.6 Å². The second-order valence-corrected chi connectivity index (χ2v) is 5.88. The van der Waals surface area contributed by atoms with Crippen molar-refractivity contribution in [1.29, 1.82) is 0 Å². The number of hydrogen-bond donors (Lipinski definition) is 1. The number of benzene rings is 1. The van der Waals surface area contributed by atoms with E-state index in [1.165, 1.54) is 30.0 Å². The van der Waals surface area contributed by atoms with Gasteiger partial charge in [0.15, 0.2) is 5.16 Å². The smallest absolute Gasteiger partial charge is 0.325 e. The first kappa shape index (κ1) is 17.1. The quantitative estimate of drug-likeness (QED) is 0.645. The number of carbonyl (C=O) groups excluding carboxylic acids is 2. The number of aryl methyl sites for hydroxylation is 1. The molecule has 0 atom stereocenters. The van der Waals surface area contributed by atoms with Crippen LogP contribution in [-0.2, 0) is 14.3 Å². The van der Waals surface area contributed by atoms with Crippen LogP contribution in [0, 0.1) is 13.8 Å². The highest BCUT2D eigenvalue weighted by Crippen LogP contribution is 2.24. The molecule has 0 unspecified atom stereocenters. The Hall–Kier alpha value is -2.28. The third-order valence-corrected chi connectivity index (χ3v) is 4.40. The van der Waals surface area contributed by atoms with Crippen molar-refractivity contribution in [2.75, 3.05) is 19.4 Å². The third-order valence-electron chi connectivity index (χ3n) is 3.43. The molecule has 1 amide bonds. The van der Waals surface area contributed by atoms with E-state index in [0.29, 0.717) is 0 Å². The summed E-state index contributed by atoms with van der Waals surface area (Å²) in [5.41, 5.74) is 3.41. The Morgan fingerprint density at radius 3 is 2.87 bits per heavy atom. The lowest BCUT2D eigenvalue weighted by Gasteiger charge is -2.12. The number of aromatic nitrogens is 2. The van der Waals surface area contributed by atoms with Gasteiger partial charge in [-0.3, -0.25) is 14.2 Å². The number of nitrogens with zero attached hydrogens (tertiary/aromatic N) is 2. The van der Waals surface area contributed by atoms with Gasteiger partial charge in [-0.05, 0) is 31.0 Å². The van der Waals surface area contributed by atoms with E-state index in [-0.39, 0.29) is 18.2 Å². The lowest BCUT2D eigenvalue weighted by molar-refractivity contribution is -0.140. The van der Waals surface area contributed by atoms with Gasteiger partial charge < -0.3 is 10.1 Å². The molecular weight excluding hydrogens is 314 g/mol. The zero-order valence-corrected chi connectivity index (χ0v) is 14.1. The van der Waals surface area contributed by atoms with Gasteiger partial charge in [-0.2, -0.15) is 0 Å². The van der Waals surface area contributed by atoms with Crippen molar-refractivity contribution in [2.45, 2.75) is 19.0 Å². The summed E-state index contributed by atoms with van der Waals surface area (Å²) < 4.78 is 6.43. The van der Waals surface area contributed by atoms with Crippen LogP contribution in [0.3, 0.4) is 0 Å². The van der Waals surface area contributed by atoms with Gasteiger partial charge >= 0.3 is 5.97 Å². The van der Waals surface area contributed by atoms with Crippen LogP contribution in [-0.4, -0.2) is 40.8 Å². The Kier molecular flexibility index (Phi) is 5.81. The largest absolute Gasteiger partial charge is 0.468 e. The average Bonchev–Trinajstić information content (AvgIpc) is 3.01. The normalized spacial score (nSPS) is 10.4. The first-order chi connectivity index (χ1) is 11.0. The number of ether oxygens (including phenoxy) is 1. The fourth-order valence-electron chi connectivity index (χ4n) is 2.00. The van der Waals surface area contributed by atoms with E-state index in [1.807, 2.05) is 22.9 Å². The van der Waals surface area contributed by atoms with E-state index >= 15 is 0 Å². The summed E-state index contributed by atoms with van der Waals surface area (Å²) in [6.07, 6.45) is 3.58. The molecule has 1 heterocycles. The van der Waals surface area contributed by atoms with Gasteiger partial charge in [-0.25, -0.2) is 4.98 Å². The van der Waals surface area contributed by atoms with Crippen molar-refractivity contribution in [3.63, 3.8) is 0 Å². The molecule has 1 N–H and O–H groups in total. The maximum absolute atomic E-state index is 11.8. The van der Waals surface area contributed by atoms with E-state index in [9.17, 15) is 9.59 Å². The minimum absolute atomic E-state index is 0.124. The molecule has 2 rings (SSSR count). The van der Waals surface area contributed by atoms with Gasteiger partial charge in [0.25, 0.3) is 0 Å². The summed E-state index contributed by atoms with van der Waals surface area (Å²) >= 11 is 1.32. The van der Waals surface area contributed by atoms with E-state index in [1.54, 1.807) is 6.20 Å². The van der Waals surface area contributed by atoms with Gasteiger partial charge in [0.1, 0.15) is 6.54 Å². The van der Waals surface area contributed by atoms with Crippen LogP contribution in [0.1, 0.15) is 11.1 Å². The minimum Gasteiger partial charge on any atom is -0.468 e. The summed E-state index contributed by atoms with van der Waals surface area (Å²) in [6.45, 7) is 3.99. The number of methoxy groups -OCH3 is 1. The second-order valence-electron chi connectivity index (χ2n) is 4.94. The number of carbonyl (C=O) groups is 2. The van der Waals surface area contributed by atoms with E-state index in [0.717, 1.165) is 10.8 Å². The standard InChI is InChI=1S/C16H19N3O3S/c1-11-5-4-6-13(12(11)2)19-8-7-17-16(19)23-10-14(20)18-9-15(21)22-3/h4-8H,9-10H2,1-3H3,(H,18,20). The number of amides is 1. The second kappa shape index (κ2) is 7.82. The molecule has 0 saturated heterocycles. The Bertz CT molecular complexity index is 712. The Morgan fingerprint density at radius 1 is 1.35 bits per heavy atom. The fourth-order valence-corrected chi connectivity index (χ4v) is 2.80. The first-order valence-corrected chi connectivity index (χ1v) is 8.07. The molecule has 2 aromatic rings. The highest BCUT2D eigenvalue weighted by Gasteiger charge is 2.12. The number of rotatable bonds is 6. The summed E-state index contributed by atoms with van der Waals surface area (Å²) in [4.78, 5) is 27.0. The Labute approximate surface area is 139 Å². The zero-order valence-electron chi connectivity index (χ0n) is 13.3. The summed E-state index contributed by atoms with van der Waals surface area (Å²) in [5.74, 6) is -0.532. The number of nitrogens with one attached hydrogen (secondary N) is 1. The van der Waals surface area contributed by atoms with Crippen molar-refractivity contribution in [3.05, 3.63) is 41.7 Å². The topological polar surface area (TPSA) is 73.2 Å². The van der Waals surface area contributed by atoms with Gasteiger partial charge in [0.2, 0.25) is 5.91 Å². The van der Waals surface area contributed by atoms with Crippen LogP contribution in [0.5, 0.6) is 0 Å². The van der Waals surface area contributed by atoms with E-state index < -0.39 is 5.97 Å². The molecule has 0 bridgehead atoms. The number of hydrogen-bond acceptors (Lipinski definition) is 5. The van der Waals surface area contributed by atoms with Gasteiger partial charge in [0, 0.05) is 12.4 Å². The molecule has 0 radical (unpaired) electrons. The summed E-state index contributed by atoms with van der Waals surface area (Å²) in [7, 11) is 1.28. The average molecular weight is 333 g/mol. The minimum atomic E-state index is -0.472. The molecule has 23 heavy (non-hydrogen) atoms. The number of imidazole rings is 1. The lowest BCUT2D eigenvalue weighted by atomic mass is 10.1. The van der Waals surface area contributed by atoms with Gasteiger partial charge in [0.05, 0.1) is 18.6 Å². The highest BCUT2D eigenvalue weighted by molar-refractivity contribution is 7.99. The fraction of sp³-hybridized carbons (Fsp3) is 0.312. The van der Waals surface area contributed by atoms with Gasteiger partial charge in [-0.15, -0.1) is 0 Å². The predicted octanol–water partition coefficient (Wildman–Crippen LogP) is 1.87. The van der Waals surface area contributed by atoms with Crippen molar-refractivity contribution in [1.82, 2.24) is 14.9 Å². The van der Waals surface area contributed by atoms with Crippen LogP contribution in [0.4, 0.5) is 0 Å². The molecule has 0 fully saturated rings. The summed E-state index contributed by atoms with van der Waals surface area (Å²) in [6, 6.07) is 6.07. The monoisotopic (exact) mass is 333 g/mol. The maximum atomic E-state index is 11.8. The molecule has 1 aromatic heterocycles. The zero-order chi connectivity index (χ0) is 16.8. The molecule has 0 aliphatic carbocycles. The Balaban J connectivity index is 2.03. The van der Waals surface area contributed by atoms with Crippen molar-refractivity contribution < 1.29 is 14.3 Å². The van der Waals surface area contributed by atoms with E-state index in [2.05, 4.69) is 35.0 Å². The number of esters is 1. The first-order valence-electron chi connectivity index (χ1n) is 7.09. The molecule has 0 saturated carbocycles. The lowest BCUT2D eigenvalue weighted by Crippen LogP contribution is -2.31.